The number of aryl methyl sites for hydroxylation is 1. The number of ether oxygens (including phenoxy) is 1. The summed E-state index contributed by atoms with van der Waals surface area (Å²) in [6, 6.07) is 8.96. The lowest BCUT2D eigenvalue weighted by atomic mass is 10.2. The number of halogens is 3. The van der Waals surface area contributed by atoms with Gasteiger partial charge in [-0.2, -0.15) is 8.78 Å². The third-order valence-electron chi connectivity index (χ3n) is 3.04. The number of hydrogen-bond acceptors (Lipinski definition) is 3. The second kappa shape index (κ2) is 7.01. The number of benzene rings is 2. The van der Waals surface area contributed by atoms with E-state index in [2.05, 4.69) is 9.46 Å². The highest BCUT2D eigenvalue weighted by molar-refractivity contribution is 7.89. The van der Waals surface area contributed by atoms with E-state index in [1.807, 2.05) is 0 Å². The van der Waals surface area contributed by atoms with Crippen LogP contribution in [0.5, 0.6) is 5.75 Å². The molecule has 0 aliphatic heterocycles. The van der Waals surface area contributed by atoms with Crippen LogP contribution in [0.4, 0.5) is 13.2 Å². The molecule has 2 rings (SSSR count). The van der Waals surface area contributed by atoms with Gasteiger partial charge >= 0.3 is 6.61 Å². The number of sulfonamides is 1. The molecule has 1 N–H and O–H groups in total. The van der Waals surface area contributed by atoms with Crippen molar-refractivity contribution in [1.82, 2.24) is 4.72 Å². The van der Waals surface area contributed by atoms with Gasteiger partial charge in [0, 0.05) is 6.54 Å². The molecule has 0 aromatic heterocycles. The van der Waals surface area contributed by atoms with Crippen molar-refractivity contribution in [2.75, 3.05) is 0 Å². The first-order valence-electron chi connectivity index (χ1n) is 6.57. The van der Waals surface area contributed by atoms with Crippen molar-refractivity contribution in [3.8, 4) is 5.75 Å². The molecule has 0 amide bonds. The van der Waals surface area contributed by atoms with E-state index < -0.39 is 22.5 Å². The zero-order valence-electron chi connectivity index (χ0n) is 12.1. The number of hydrogen-bond donors (Lipinski definition) is 1. The van der Waals surface area contributed by atoms with E-state index in [0.29, 0.717) is 5.56 Å². The molecule has 8 heteroatoms. The molecule has 0 aliphatic carbocycles. The summed E-state index contributed by atoms with van der Waals surface area (Å²) >= 11 is 0. The fourth-order valence-electron chi connectivity index (χ4n) is 1.96. The quantitative estimate of drug-likeness (QED) is 0.875. The van der Waals surface area contributed by atoms with Gasteiger partial charge in [-0.3, -0.25) is 0 Å². The molecule has 0 fully saturated rings. The van der Waals surface area contributed by atoms with E-state index in [-0.39, 0.29) is 22.8 Å². The van der Waals surface area contributed by atoms with Crippen molar-refractivity contribution < 1.29 is 26.3 Å². The normalized spacial score (nSPS) is 11.7. The Balaban J connectivity index is 2.07. The third kappa shape index (κ3) is 4.70. The van der Waals surface area contributed by atoms with Gasteiger partial charge in [-0.1, -0.05) is 12.1 Å². The lowest BCUT2D eigenvalue weighted by Crippen LogP contribution is -2.24. The van der Waals surface area contributed by atoms with Crippen LogP contribution in [-0.4, -0.2) is 15.0 Å². The zero-order chi connectivity index (χ0) is 17.0. The number of nitrogens with one attached hydrogen (secondary N) is 1. The standard InChI is InChI=1S/C15H14F3NO3S/c1-10-8-12(16)4-7-14(10)23(20,21)19-9-11-2-5-13(6-3-11)22-15(17)18/h2-8,15,19H,9H2,1H3. The van der Waals surface area contributed by atoms with Gasteiger partial charge in [-0.15, -0.1) is 0 Å². The molecule has 0 saturated heterocycles. The smallest absolute Gasteiger partial charge is 0.387 e. The summed E-state index contributed by atoms with van der Waals surface area (Å²) in [5.41, 5.74) is 0.855. The van der Waals surface area contributed by atoms with Crippen molar-refractivity contribution >= 4 is 10.0 Å². The maximum Gasteiger partial charge on any atom is 0.387 e. The Labute approximate surface area is 132 Å². The van der Waals surface area contributed by atoms with Crippen LogP contribution in [0.25, 0.3) is 0 Å². The van der Waals surface area contributed by atoms with Gasteiger partial charge in [-0.25, -0.2) is 17.5 Å². The molecule has 0 aliphatic rings. The maximum atomic E-state index is 13.0. The summed E-state index contributed by atoms with van der Waals surface area (Å²) in [5.74, 6) is -0.531. The number of rotatable bonds is 6. The predicted molar refractivity (Wildman–Crippen MR) is 78.2 cm³/mol. The van der Waals surface area contributed by atoms with Crippen LogP contribution in [0.15, 0.2) is 47.4 Å². The molecule has 0 saturated carbocycles. The topological polar surface area (TPSA) is 55.4 Å². The molecule has 0 spiro atoms. The summed E-state index contributed by atoms with van der Waals surface area (Å²) in [4.78, 5) is -0.0171. The lowest BCUT2D eigenvalue weighted by Gasteiger charge is -2.10. The molecule has 4 nitrogen and oxygen atoms in total. The summed E-state index contributed by atoms with van der Waals surface area (Å²) < 4.78 is 68.1. The molecule has 2 aromatic carbocycles. The van der Waals surface area contributed by atoms with Crippen molar-refractivity contribution in [3.05, 3.63) is 59.4 Å². The second-order valence-corrected chi connectivity index (χ2v) is 6.49. The summed E-state index contributed by atoms with van der Waals surface area (Å²) in [6.45, 7) is -1.46. The summed E-state index contributed by atoms with van der Waals surface area (Å²) in [6.07, 6.45) is 0. The van der Waals surface area contributed by atoms with Gasteiger partial charge < -0.3 is 4.74 Å². The van der Waals surface area contributed by atoms with Crippen molar-refractivity contribution in [2.24, 2.45) is 0 Å². The molecule has 0 atom stereocenters. The summed E-state index contributed by atoms with van der Waals surface area (Å²) in [5, 5.41) is 0. The molecular formula is C15H14F3NO3S. The molecule has 0 unspecified atom stereocenters. The molecule has 0 radical (unpaired) electrons. The van der Waals surface area contributed by atoms with Gasteiger partial charge in [-0.05, 0) is 48.4 Å². The average Bonchev–Trinajstić information content (AvgIpc) is 2.45. The maximum absolute atomic E-state index is 13.0. The average molecular weight is 345 g/mol. The first-order chi connectivity index (χ1) is 10.8. The van der Waals surface area contributed by atoms with Gasteiger partial charge in [0.05, 0.1) is 4.90 Å². The highest BCUT2D eigenvalue weighted by Gasteiger charge is 2.16. The van der Waals surface area contributed by atoms with Crippen LogP contribution in [0.3, 0.4) is 0 Å². The molecule has 0 heterocycles. The highest BCUT2D eigenvalue weighted by Crippen LogP contribution is 2.18. The Kier molecular flexibility index (Phi) is 5.27. The van der Waals surface area contributed by atoms with E-state index in [0.717, 1.165) is 12.1 Å². The Morgan fingerprint density at radius 3 is 2.35 bits per heavy atom. The minimum atomic E-state index is -3.80. The molecule has 2 aromatic rings. The summed E-state index contributed by atoms with van der Waals surface area (Å²) in [7, 11) is -3.80. The van der Waals surface area contributed by atoms with Crippen LogP contribution in [0.2, 0.25) is 0 Å². The third-order valence-corrected chi connectivity index (χ3v) is 4.60. The van der Waals surface area contributed by atoms with Gasteiger partial charge in [0.2, 0.25) is 10.0 Å². The van der Waals surface area contributed by atoms with Gasteiger partial charge in [0.1, 0.15) is 11.6 Å². The molecule has 124 valence electrons. The number of alkyl halides is 2. The van der Waals surface area contributed by atoms with E-state index in [9.17, 15) is 21.6 Å². The van der Waals surface area contributed by atoms with Crippen LogP contribution >= 0.6 is 0 Å². The monoisotopic (exact) mass is 345 g/mol. The van der Waals surface area contributed by atoms with Crippen LogP contribution < -0.4 is 9.46 Å². The SMILES string of the molecule is Cc1cc(F)ccc1S(=O)(=O)NCc1ccc(OC(F)F)cc1. The van der Waals surface area contributed by atoms with Crippen LogP contribution in [0.1, 0.15) is 11.1 Å². The fourth-order valence-corrected chi connectivity index (χ4v) is 3.20. The highest BCUT2D eigenvalue weighted by atomic mass is 32.2. The van der Waals surface area contributed by atoms with E-state index in [1.54, 1.807) is 0 Å². The van der Waals surface area contributed by atoms with E-state index >= 15 is 0 Å². The van der Waals surface area contributed by atoms with E-state index in [4.69, 9.17) is 0 Å². The predicted octanol–water partition coefficient (Wildman–Crippen LogP) is 3.21. The van der Waals surface area contributed by atoms with Crippen molar-refractivity contribution in [1.29, 1.82) is 0 Å². The first-order valence-corrected chi connectivity index (χ1v) is 8.06. The zero-order valence-corrected chi connectivity index (χ0v) is 12.9. The van der Waals surface area contributed by atoms with Gasteiger partial charge in [0.15, 0.2) is 0 Å². The molecule has 23 heavy (non-hydrogen) atoms. The van der Waals surface area contributed by atoms with Crippen molar-refractivity contribution in [2.45, 2.75) is 25.0 Å². The Bertz CT molecular complexity index is 777. The largest absolute Gasteiger partial charge is 0.435 e. The van der Waals surface area contributed by atoms with E-state index in [1.165, 1.54) is 37.3 Å². The minimum Gasteiger partial charge on any atom is -0.435 e. The van der Waals surface area contributed by atoms with Crippen molar-refractivity contribution in [3.63, 3.8) is 0 Å². The van der Waals surface area contributed by atoms with Crippen LogP contribution in [0, 0.1) is 12.7 Å². The Hall–Kier alpha value is -2.06. The molecular weight excluding hydrogens is 331 g/mol. The van der Waals surface area contributed by atoms with Gasteiger partial charge in [0.25, 0.3) is 0 Å². The first kappa shape index (κ1) is 17.3. The minimum absolute atomic E-state index is 0.0130. The lowest BCUT2D eigenvalue weighted by molar-refractivity contribution is -0.0498. The Morgan fingerprint density at radius 2 is 1.78 bits per heavy atom. The second-order valence-electron chi connectivity index (χ2n) is 4.76. The van der Waals surface area contributed by atoms with Crippen LogP contribution in [-0.2, 0) is 16.6 Å². The molecule has 0 bridgehead atoms. The fraction of sp³-hybridized carbons (Fsp3) is 0.200. The Morgan fingerprint density at radius 1 is 1.13 bits per heavy atom.